The summed E-state index contributed by atoms with van der Waals surface area (Å²) in [7, 11) is 1.59. The zero-order chi connectivity index (χ0) is 19.7. The van der Waals surface area contributed by atoms with Crippen LogP contribution in [0.2, 0.25) is 5.02 Å². The molecule has 2 aromatic heterocycles. The summed E-state index contributed by atoms with van der Waals surface area (Å²) in [6.45, 7) is 2.53. The Labute approximate surface area is 168 Å². The molecule has 3 heterocycles. The van der Waals surface area contributed by atoms with Crippen LogP contribution in [0.5, 0.6) is 5.75 Å². The molecule has 0 aliphatic carbocycles. The molecule has 0 unspecified atom stereocenters. The predicted octanol–water partition coefficient (Wildman–Crippen LogP) is 3.37. The van der Waals surface area contributed by atoms with Gasteiger partial charge < -0.3 is 15.2 Å². The minimum Gasteiger partial charge on any atom is -0.495 e. The van der Waals surface area contributed by atoms with E-state index in [0.717, 1.165) is 28.9 Å². The molecule has 2 N–H and O–H groups in total. The van der Waals surface area contributed by atoms with E-state index in [9.17, 15) is 0 Å². The highest BCUT2D eigenvalue weighted by Crippen LogP contribution is 2.30. The highest BCUT2D eigenvalue weighted by atomic mass is 35.5. The number of ether oxygens (including phenoxy) is 2. The Bertz CT molecular complexity index is 1080. The van der Waals surface area contributed by atoms with Gasteiger partial charge in [0, 0.05) is 29.8 Å². The Kier molecular flexibility index (Phi) is 4.95. The van der Waals surface area contributed by atoms with Crippen molar-refractivity contribution in [3.05, 3.63) is 64.1 Å². The molecule has 1 aromatic carbocycles. The van der Waals surface area contributed by atoms with Gasteiger partial charge in [0.25, 0.3) is 0 Å². The molecule has 0 amide bonds. The van der Waals surface area contributed by atoms with Gasteiger partial charge in [-0.3, -0.25) is 0 Å². The van der Waals surface area contributed by atoms with Crippen LogP contribution >= 0.6 is 11.6 Å². The molecule has 0 saturated carbocycles. The summed E-state index contributed by atoms with van der Waals surface area (Å²) in [6.07, 6.45) is 2.51. The average Bonchev–Trinajstić information content (AvgIpc) is 3.05. The average molecular weight is 395 g/mol. The fourth-order valence-electron chi connectivity index (χ4n) is 3.11. The summed E-state index contributed by atoms with van der Waals surface area (Å²) in [5.74, 6) is 7.32. The molecule has 0 fully saturated rings. The van der Waals surface area contributed by atoms with Gasteiger partial charge in [-0.05, 0) is 37.1 Å². The molecular weight excluding hydrogens is 376 g/mol. The van der Waals surface area contributed by atoms with Crippen molar-refractivity contribution in [1.82, 2.24) is 14.8 Å². The largest absolute Gasteiger partial charge is 0.495 e. The van der Waals surface area contributed by atoms with E-state index in [1.165, 1.54) is 0 Å². The van der Waals surface area contributed by atoms with Crippen molar-refractivity contribution in [3.8, 4) is 23.3 Å². The number of anilines is 1. The van der Waals surface area contributed by atoms with Crippen LogP contribution < -0.4 is 10.5 Å². The Morgan fingerprint density at radius 3 is 2.89 bits per heavy atom. The number of nitrogens with zero attached hydrogens (tertiary/aromatic N) is 3. The third-order valence-corrected chi connectivity index (χ3v) is 4.89. The van der Waals surface area contributed by atoms with E-state index in [0.29, 0.717) is 28.9 Å². The van der Waals surface area contributed by atoms with Gasteiger partial charge in [0.15, 0.2) is 0 Å². The van der Waals surface area contributed by atoms with Crippen molar-refractivity contribution in [2.45, 2.75) is 26.1 Å². The maximum absolute atomic E-state index is 6.17. The SMILES string of the molecule is COc1cc(-n2nc(C#Cc3ccc(N)nc3)c3c2C[C@H](C)OC3)ccc1Cl. The molecule has 6 nitrogen and oxygen atoms in total. The molecule has 0 saturated heterocycles. The van der Waals surface area contributed by atoms with Crippen molar-refractivity contribution >= 4 is 17.4 Å². The lowest BCUT2D eigenvalue weighted by Crippen LogP contribution is -2.21. The molecule has 1 aliphatic heterocycles. The summed E-state index contributed by atoms with van der Waals surface area (Å²) >= 11 is 6.17. The number of hydrogen-bond donors (Lipinski definition) is 1. The second-order valence-corrected chi connectivity index (χ2v) is 6.96. The van der Waals surface area contributed by atoms with Crippen molar-refractivity contribution in [1.29, 1.82) is 0 Å². The number of aromatic nitrogens is 3. The van der Waals surface area contributed by atoms with Gasteiger partial charge in [0.05, 0.1) is 36.2 Å². The van der Waals surface area contributed by atoms with Gasteiger partial charge in [0.1, 0.15) is 17.3 Å². The van der Waals surface area contributed by atoms with Crippen LogP contribution in [-0.2, 0) is 17.8 Å². The molecule has 28 heavy (non-hydrogen) atoms. The molecule has 1 atom stereocenters. The number of halogens is 1. The Morgan fingerprint density at radius 1 is 1.29 bits per heavy atom. The number of rotatable bonds is 2. The van der Waals surface area contributed by atoms with E-state index >= 15 is 0 Å². The summed E-state index contributed by atoms with van der Waals surface area (Å²) in [4.78, 5) is 4.07. The molecular formula is C21H19ClN4O2. The van der Waals surface area contributed by atoms with Crippen LogP contribution in [0.25, 0.3) is 5.69 Å². The topological polar surface area (TPSA) is 75.2 Å². The minimum atomic E-state index is 0.110. The van der Waals surface area contributed by atoms with E-state index in [-0.39, 0.29) is 6.10 Å². The molecule has 142 valence electrons. The number of hydrogen-bond acceptors (Lipinski definition) is 5. The smallest absolute Gasteiger partial charge is 0.141 e. The Morgan fingerprint density at radius 2 is 2.14 bits per heavy atom. The van der Waals surface area contributed by atoms with Crippen molar-refractivity contribution in [2.75, 3.05) is 12.8 Å². The monoisotopic (exact) mass is 394 g/mol. The van der Waals surface area contributed by atoms with Crippen LogP contribution in [-0.4, -0.2) is 28.0 Å². The molecule has 7 heteroatoms. The number of nitrogens with two attached hydrogens (primary N) is 1. The lowest BCUT2D eigenvalue weighted by molar-refractivity contribution is 0.0397. The van der Waals surface area contributed by atoms with Gasteiger partial charge in [-0.2, -0.15) is 5.10 Å². The highest BCUT2D eigenvalue weighted by Gasteiger charge is 2.25. The summed E-state index contributed by atoms with van der Waals surface area (Å²) < 4.78 is 13.1. The molecule has 3 aromatic rings. The van der Waals surface area contributed by atoms with Crippen molar-refractivity contribution in [3.63, 3.8) is 0 Å². The number of benzene rings is 1. The summed E-state index contributed by atoms with van der Waals surface area (Å²) in [6, 6.07) is 9.15. The maximum Gasteiger partial charge on any atom is 0.141 e. The first kappa shape index (κ1) is 18.4. The predicted molar refractivity (Wildman–Crippen MR) is 108 cm³/mol. The molecule has 0 bridgehead atoms. The van der Waals surface area contributed by atoms with Gasteiger partial charge in [0.2, 0.25) is 0 Å². The first-order valence-corrected chi connectivity index (χ1v) is 9.23. The fourth-order valence-corrected chi connectivity index (χ4v) is 3.30. The molecule has 1 aliphatic rings. The van der Waals surface area contributed by atoms with E-state index in [1.54, 1.807) is 25.4 Å². The maximum atomic E-state index is 6.17. The standard InChI is InChI=1S/C21H19ClN4O2/c1-13-9-19-16(12-28-13)18(7-3-14-4-8-21(23)24-11-14)25-26(19)15-5-6-17(22)20(10-15)27-2/h4-6,8,10-11,13H,9,12H2,1-2H3,(H2,23,24)/t13-/m0/s1. The number of pyridine rings is 1. The Hall–Kier alpha value is -3.01. The molecule has 0 radical (unpaired) electrons. The van der Waals surface area contributed by atoms with Crippen molar-refractivity contribution < 1.29 is 9.47 Å². The first-order valence-electron chi connectivity index (χ1n) is 8.85. The van der Waals surface area contributed by atoms with Gasteiger partial charge >= 0.3 is 0 Å². The lowest BCUT2D eigenvalue weighted by atomic mass is 10.1. The second kappa shape index (κ2) is 7.55. The first-order chi connectivity index (χ1) is 13.5. The lowest BCUT2D eigenvalue weighted by Gasteiger charge is -2.21. The van der Waals surface area contributed by atoms with E-state index < -0.39 is 0 Å². The van der Waals surface area contributed by atoms with Gasteiger partial charge in [-0.1, -0.05) is 17.5 Å². The van der Waals surface area contributed by atoms with Crippen LogP contribution in [0.3, 0.4) is 0 Å². The van der Waals surface area contributed by atoms with Crippen LogP contribution in [0, 0.1) is 11.8 Å². The van der Waals surface area contributed by atoms with E-state index in [1.807, 2.05) is 29.8 Å². The van der Waals surface area contributed by atoms with Gasteiger partial charge in [-0.25, -0.2) is 9.67 Å². The summed E-state index contributed by atoms with van der Waals surface area (Å²) in [5.41, 5.74) is 10.0. The minimum absolute atomic E-state index is 0.110. The number of methoxy groups -OCH3 is 1. The summed E-state index contributed by atoms with van der Waals surface area (Å²) in [5, 5.41) is 5.31. The third kappa shape index (κ3) is 3.55. The van der Waals surface area contributed by atoms with Crippen LogP contribution in [0.4, 0.5) is 5.82 Å². The fraction of sp³-hybridized carbons (Fsp3) is 0.238. The normalized spacial score (nSPS) is 15.5. The van der Waals surface area contributed by atoms with Crippen molar-refractivity contribution in [2.24, 2.45) is 0 Å². The highest BCUT2D eigenvalue weighted by molar-refractivity contribution is 6.32. The second-order valence-electron chi connectivity index (χ2n) is 6.55. The third-order valence-electron chi connectivity index (χ3n) is 4.57. The van der Waals surface area contributed by atoms with Crippen LogP contribution in [0.15, 0.2) is 36.5 Å². The zero-order valence-corrected chi connectivity index (χ0v) is 16.3. The Balaban J connectivity index is 1.79. The molecule has 4 rings (SSSR count). The van der Waals surface area contributed by atoms with Crippen LogP contribution in [0.1, 0.15) is 29.4 Å². The zero-order valence-electron chi connectivity index (χ0n) is 15.6. The van der Waals surface area contributed by atoms with Gasteiger partial charge in [-0.15, -0.1) is 0 Å². The number of nitrogen functional groups attached to an aromatic ring is 1. The van der Waals surface area contributed by atoms with E-state index in [2.05, 4.69) is 16.8 Å². The quantitative estimate of drug-likeness (QED) is 0.674. The number of fused-ring (bicyclic) bond motifs is 1. The molecule has 0 spiro atoms. The van der Waals surface area contributed by atoms with E-state index in [4.69, 9.17) is 31.9 Å².